The van der Waals surface area contributed by atoms with Crippen LogP contribution in [0.2, 0.25) is 5.02 Å². The highest BCUT2D eigenvalue weighted by molar-refractivity contribution is 6.35. The third kappa shape index (κ3) is 3.22. The Morgan fingerprint density at radius 2 is 2.13 bits per heavy atom. The number of amides is 1. The van der Waals surface area contributed by atoms with Gasteiger partial charge in [-0.05, 0) is 31.5 Å². The van der Waals surface area contributed by atoms with Crippen molar-refractivity contribution in [1.29, 1.82) is 0 Å². The lowest BCUT2D eigenvalue weighted by Gasteiger charge is -2.07. The smallest absolute Gasteiger partial charge is 0.269 e. The fraction of sp³-hybridized carbons (Fsp3) is 0.312. The van der Waals surface area contributed by atoms with E-state index in [2.05, 4.69) is 15.5 Å². The van der Waals surface area contributed by atoms with Gasteiger partial charge in [-0.15, -0.1) is 0 Å². The zero-order valence-electron chi connectivity index (χ0n) is 12.9. The maximum absolute atomic E-state index is 12.1. The van der Waals surface area contributed by atoms with Gasteiger partial charge in [0.2, 0.25) is 0 Å². The van der Waals surface area contributed by atoms with E-state index in [0.29, 0.717) is 23.8 Å². The summed E-state index contributed by atoms with van der Waals surface area (Å²) in [6, 6.07) is 7.48. The highest BCUT2D eigenvalue weighted by Crippen LogP contribution is 2.22. The Balaban J connectivity index is 1.55. The van der Waals surface area contributed by atoms with E-state index >= 15 is 0 Å². The van der Waals surface area contributed by atoms with Crippen molar-refractivity contribution >= 4 is 28.4 Å². The number of aromatic nitrogens is 4. The molecule has 7 heteroatoms. The quantitative estimate of drug-likeness (QED) is 0.706. The van der Waals surface area contributed by atoms with Gasteiger partial charge in [0.05, 0.1) is 16.7 Å². The van der Waals surface area contributed by atoms with Crippen LogP contribution in [0.15, 0.2) is 36.7 Å². The second-order valence-corrected chi connectivity index (χ2v) is 5.59. The van der Waals surface area contributed by atoms with Crippen molar-refractivity contribution in [3.8, 4) is 0 Å². The standard InChI is InChI=1S/C16H18ClN5O/c1-2-21-15(7-9-19-21)16(23)18-8-4-10-22-14-6-3-5-13(17)12(14)11-20-22/h3,5-7,9,11H,2,4,8,10H2,1H3,(H,18,23). The summed E-state index contributed by atoms with van der Waals surface area (Å²) in [4.78, 5) is 12.1. The van der Waals surface area contributed by atoms with Crippen LogP contribution in [0.3, 0.4) is 0 Å². The summed E-state index contributed by atoms with van der Waals surface area (Å²) in [7, 11) is 0. The van der Waals surface area contributed by atoms with Gasteiger partial charge in [0.25, 0.3) is 5.91 Å². The molecule has 0 fully saturated rings. The van der Waals surface area contributed by atoms with Crippen molar-refractivity contribution < 1.29 is 4.79 Å². The van der Waals surface area contributed by atoms with Crippen LogP contribution in [0.25, 0.3) is 10.9 Å². The third-order valence-electron chi connectivity index (χ3n) is 3.72. The Hall–Kier alpha value is -2.34. The Labute approximate surface area is 139 Å². The number of nitrogens with one attached hydrogen (secondary N) is 1. The Bertz CT molecular complexity index is 823. The number of rotatable bonds is 6. The lowest BCUT2D eigenvalue weighted by Crippen LogP contribution is -2.27. The molecule has 0 aliphatic carbocycles. The molecule has 120 valence electrons. The number of benzene rings is 1. The van der Waals surface area contributed by atoms with Crippen LogP contribution in [0.5, 0.6) is 0 Å². The van der Waals surface area contributed by atoms with Crippen LogP contribution in [-0.4, -0.2) is 32.0 Å². The zero-order chi connectivity index (χ0) is 16.2. The topological polar surface area (TPSA) is 64.7 Å². The van der Waals surface area contributed by atoms with Crippen molar-refractivity contribution in [2.75, 3.05) is 6.54 Å². The molecule has 0 saturated carbocycles. The average molecular weight is 332 g/mol. The van der Waals surface area contributed by atoms with E-state index in [9.17, 15) is 4.79 Å². The molecule has 0 spiro atoms. The minimum absolute atomic E-state index is 0.0993. The summed E-state index contributed by atoms with van der Waals surface area (Å²) >= 11 is 6.14. The van der Waals surface area contributed by atoms with Crippen LogP contribution >= 0.6 is 11.6 Å². The first-order valence-electron chi connectivity index (χ1n) is 7.60. The fourth-order valence-corrected chi connectivity index (χ4v) is 2.76. The minimum Gasteiger partial charge on any atom is -0.351 e. The highest BCUT2D eigenvalue weighted by atomic mass is 35.5. The molecule has 0 bridgehead atoms. The SMILES string of the molecule is CCn1nccc1C(=O)NCCCn1ncc2c(Cl)cccc21. The number of hydrogen-bond donors (Lipinski definition) is 1. The number of halogens is 1. The molecular weight excluding hydrogens is 314 g/mol. The van der Waals surface area contributed by atoms with Gasteiger partial charge in [-0.2, -0.15) is 10.2 Å². The van der Waals surface area contributed by atoms with Gasteiger partial charge in [0, 0.05) is 31.2 Å². The van der Waals surface area contributed by atoms with E-state index in [1.54, 1.807) is 23.1 Å². The van der Waals surface area contributed by atoms with E-state index in [-0.39, 0.29) is 5.91 Å². The maximum Gasteiger partial charge on any atom is 0.269 e. The Morgan fingerprint density at radius 3 is 2.96 bits per heavy atom. The molecule has 3 rings (SSSR count). The van der Waals surface area contributed by atoms with Crippen molar-refractivity contribution in [2.45, 2.75) is 26.4 Å². The van der Waals surface area contributed by atoms with Gasteiger partial charge in [-0.25, -0.2) is 0 Å². The van der Waals surface area contributed by atoms with Crippen LogP contribution in [0.1, 0.15) is 23.8 Å². The molecule has 3 aromatic rings. The summed E-state index contributed by atoms with van der Waals surface area (Å²) in [6.45, 7) is 3.93. The molecular formula is C16H18ClN5O. The number of carbonyl (C=O) groups excluding carboxylic acids is 1. The van der Waals surface area contributed by atoms with Gasteiger partial charge in [-0.3, -0.25) is 14.2 Å². The first-order valence-corrected chi connectivity index (χ1v) is 7.98. The molecule has 0 atom stereocenters. The Kier molecular flexibility index (Phi) is 4.62. The fourth-order valence-electron chi connectivity index (χ4n) is 2.55. The number of hydrogen-bond acceptors (Lipinski definition) is 3. The van der Waals surface area contributed by atoms with E-state index in [4.69, 9.17) is 11.6 Å². The summed E-state index contributed by atoms with van der Waals surface area (Å²) in [5.74, 6) is -0.0993. The molecule has 0 aliphatic rings. The zero-order valence-corrected chi connectivity index (χ0v) is 13.6. The summed E-state index contributed by atoms with van der Waals surface area (Å²) in [5.41, 5.74) is 1.59. The van der Waals surface area contributed by atoms with Gasteiger partial charge >= 0.3 is 0 Å². The van der Waals surface area contributed by atoms with E-state index in [1.807, 2.05) is 29.8 Å². The predicted octanol–water partition coefficient (Wildman–Crippen LogP) is 2.73. The molecule has 6 nitrogen and oxygen atoms in total. The lowest BCUT2D eigenvalue weighted by atomic mass is 10.2. The molecule has 2 heterocycles. The minimum atomic E-state index is -0.0993. The molecule has 0 radical (unpaired) electrons. The van der Waals surface area contributed by atoms with E-state index < -0.39 is 0 Å². The number of fused-ring (bicyclic) bond motifs is 1. The van der Waals surface area contributed by atoms with E-state index in [1.165, 1.54) is 0 Å². The molecule has 0 saturated heterocycles. The molecule has 0 unspecified atom stereocenters. The van der Waals surface area contributed by atoms with Crippen LogP contribution in [-0.2, 0) is 13.1 Å². The molecule has 1 N–H and O–H groups in total. The van der Waals surface area contributed by atoms with Gasteiger partial charge < -0.3 is 5.32 Å². The summed E-state index contributed by atoms with van der Waals surface area (Å²) < 4.78 is 3.59. The summed E-state index contributed by atoms with van der Waals surface area (Å²) in [6.07, 6.45) is 4.20. The van der Waals surface area contributed by atoms with Gasteiger partial charge in [-0.1, -0.05) is 17.7 Å². The number of aryl methyl sites for hydroxylation is 2. The second kappa shape index (κ2) is 6.83. The number of carbonyl (C=O) groups is 1. The van der Waals surface area contributed by atoms with Gasteiger partial charge in [0.1, 0.15) is 5.69 Å². The lowest BCUT2D eigenvalue weighted by molar-refractivity contribution is 0.0942. The second-order valence-electron chi connectivity index (χ2n) is 5.18. The van der Waals surface area contributed by atoms with Crippen molar-refractivity contribution in [1.82, 2.24) is 24.9 Å². The molecule has 1 amide bonds. The van der Waals surface area contributed by atoms with Crippen molar-refractivity contribution in [3.63, 3.8) is 0 Å². The number of nitrogens with zero attached hydrogens (tertiary/aromatic N) is 4. The average Bonchev–Trinajstić information content (AvgIpc) is 3.19. The largest absolute Gasteiger partial charge is 0.351 e. The van der Waals surface area contributed by atoms with Crippen molar-refractivity contribution in [2.24, 2.45) is 0 Å². The normalized spacial score (nSPS) is 11.0. The van der Waals surface area contributed by atoms with E-state index in [0.717, 1.165) is 23.9 Å². The first-order chi connectivity index (χ1) is 11.2. The maximum atomic E-state index is 12.1. The molecule has 2 aromatic heterocycles. The predicted molar refractivity (Wildman–Crippen MR) is 89.6 cm³/mol. The summed E-state index contributed by atoms with van der Waals surface area (Å²) in [5, 5.41) is 13.0. The molecule has 0 aliphatic heterocycles. The van der Waals surface area contributed by atoms with Crippen molar-refractivity contribution in [3.05, 3.63) is 47.4 Å². The van der Waals surface area contributed by atoms with Crippen LogP contribution in [0.4, 0.5) is 0 Å². The Morgan fingerprint density at radius 1 is 1.26 bits per heavy atom. The first kappa shape index (κ1) is 15.6. The monoisotopic (exact) mass is 331 g/mol. The third-order valence-corrected chi connectivity index (χ3v) is 4.04. The molecule has 1 aromatic carbocycles. The molecule has 23 heavy (non-hydrogen) atoms. The van der Waals surface area contributed by atoms with Gasteiger partial charge in [0.15, 0.2) is 0 Å². The van der Waals surface area contributed by atoms with Crippen LogP contribution in [0, 0.1) is 0 Å². The van der Waals surface area contributed by atoms with Crippen LogP contribution < -0.4 is 5.32 Å². The highest BCUT2D eigenvalue weighted by Gasteiger charge is 2.10.